The lowest BCUT2D eigenvalue weighted by atomic mass is 10.0. The lowest BCUT2D eigenvalue weighted by molar-refractivity contribution is 0.0949. The van der Waals surface area contributed by atoms with E-state index in [1.807, 2.05) is 62.4 Å². The number of hydrogen-bond donors (Lipinski definition) is 1. The lowest BCUT2D eigenvalue weighted by Crippen LogP contribution is -2.23. The highest BCUT2D eigenvalue weighted by molar-refractivity contribution is 7.15. The average molecular weight is 417 g/mol. The highest BCUT2D eigenvalue weighted by atomic mass is 32.1. The molecule has 4 aromatic rings. The molecular weight excluding hydrogens is 392 g/mol. The van der Waals surface area contributed by atoms with Gasteiger partial charge in [-0.05, 0) is 43.2 Å². The number of nitrogens with zero attached hydrogens (tertiary/aromatic N) is 1. The van der Waals surface area contributed by atoms with E-state index < -0.39 is 0 Å². The molecule has 0 unspecified atom stereocenters. The molecule has 1 N–H and O–H groups in total. The Kier molecular flexibility index (Phi) is 5.81. The van der Waals surface area contributed by atoms with Crippen molar-refractivity contribution in [1.82, 2.24) is 10.3 Å². The molecule has 30 heavy (non-hydrogen) atoms. The van der Waals surface area contributed by atoms with Crippen LogP contribution in [0.5, 0.6) is 5.75 Å². The molecule has 0 radical (unpaired) electrons. The summed E-state index contributed by atoms with van der Waals surface area (Å²) in [4.78, 5) is 19.0. The topological polar surface area (TPSA) is 51.2 Å². The van der Waals surface area contributed by atoms with Crippen LogP contribution in [0.4, 0.5) is 0 Å². The van der Waals surface area contributed by atoms with Crippen molar-refractivity contribution in [1.29, 1.82) is 0 Å². The smallest absolute Gasteiger partial charge is 0.255 e. The summed E-state index contributed by atoms with van der Waals surface area (Å²) >= 11 is 1.62. The first kappa shape index (κ1) is 20.1. The van der Waals surface area contributed by atoms with Gasteiger partial charge in [-0.3, -0.25) is 4.79 Å². The minimum atomic E-state index is -0.138. The molecule has 152 valence electrons. The maximum Gasteiger partial charge on any atom is 0.255 e. The van der Waals surface area contributed by atoms with Crippen molar-refractivity contribution in [3.05, 3.63) is 82.4 Å². The van der Waals surface area contributed by atoms with E-state index in [0.29, 0.717) is 24.5 Å². The summed E-state index contributed by atoms with van der Waals surface area (Å²) in [5, 5.41) is 5.97. The van der Waals surface area contributed by atoms with Gasteiger partial charge in [0.05, 0.1) is 24.4 Å². The number of hydrogen-bond acceptors (Lipinski definition) is 4. The van der Waals surface area contributed by atoms with Crippen LogP contribution in [0.25, 0.3) is 21.3 Å². The molecule has 4 nitrogen and oxygen atoms in total. The van der Waals surface area contributed by atoms with Crippen LogP contribution in [0.1, 0.15) is 33.4 Å². The number of carbonyl (C=O) groups is 1. The van der Waals surface area contributed by atoms with Crippen LogP contribution >= 0.6 is 11.3 Å². The summed E-state index contributed by atoms with van der Waals surface area (Å²) in [5.41, 5.74) is 3.85. The lowest BCUT2D eigenvalue weighted by Gasteiger charge is -2.13. The molecule has 0 aliphatic heterocycles. The van der Waals surface area contributed by atoms with Gasteiger partial charge in [-0.2, -0.15) is 0 Å². The molecule has 0 aliphatic rings. The Hall–Kier alpha value is -3.18. The summed E-state index contributed by atoms with van der Waals surface area (Å²) in [6, 6.07) is 20.0. The number of carbonyl (C=O) groups excluding carboxylic acids is 1. The van der Waals surface area contributed by atoms with Crippen LogP contribution in [0, 0.1) is 13.8 Å². The number of aryl methyl sites for hydroxylation is 2. The first-order valence-electron chi connectivity index (χ1n) is 10.0. The minimum absolute atomic E-state index is 0.138. The van der Waals surface area contributed by atoms with Crippen molar-refractivity contribution in [3.8, 4) is 16.3 Å². The highest BCUT2D eigenvalue weighted by Crippen LogP contribution is 2.31. The predicted molar refractivity (Wildman–Crippen MR) is 123 cm³/mol. The molecular formula is C25H24N2O2S. The van der Waals surface area contributed by atoms with E-state index >= 15 is 0 Å². The van der Waals surface area contributed by atoms with Crippen molar-refractivity contribution < 1.29 is 9.53 Å². The number of amides is 1. The third-order valence-corrected chi connectivity index (χ3v) is 6.29. The number of fused-ring (bicyclic) bond motifs is 1. The number of aromatic nitrogens is 1. The summed E-state index contributed by atoms with van der Waals surface area (Å²) in [5.74, 6) is 0.468. The van der Waals surface area contributed by atoms with Crippen molar-refractivity contribution >= 4 is 28.0 Å². The predicted octanol–water partition coefficient (Wildman–Crippen LogP) is 5.91. The number of rotatable bonds is 6. The Balaban J connectivity index is 1.60. The zero-order chi connectivity index (χ0) is 21.1. The average Bonchev–Trinajstić information content (AvgIpc) is 3.12. The number of benzene rings is 3. The quantitative estimate of drug-likeness (QED) is 0.425. The van der Waals surface area contributed by atoms with Crippen molar-refractivity contribution in [3.63, 3.8) is 0 Å². The van der Waals surface area contributed by atoms with Crippen molar-refractivity contribution in [2.75, 3.05) is 6.61 Å². The van der Waals surface area contributed by atoms with E-state index in [1.165, 1.54) is 5.56 Å². The fourth-order valence-electron chi connectivity index (χ4n) is 3.53. The van der Waals surface area contributed by atoms with Gasteiger partial charge in [0.15, 0.2) is 0 Å². The Morgan fingerprint density at radius 3 is 2.60 bits per heavy atom. The molecule has 4 rings (SSSR count). The normalized spacial score (nSPS) is 10.9. The second-order valence-electron chi connectivity index (χ2n) is 7.12. The molecule has 0 saturated heterocycles. The van der Waals surface area contributed by atoms with Gasteiger partial charge in [0.25, 0.3) is 5.91 Å². The molecule has 0 spiro atoms. The van der Waals surface area contributed by atoms with Crippen LogP contribution in [0.3, 0.4) is 0 Å². The number of ether oxygens (including phenoxy) is 1. The first-order valence-corrected chi connectivity index (χ1v) is 10.8. The van der Waals surface area contributed by atoms with Crippen molar-refractivity contribution in [2.45, 2.75) is 27.3 Å². The summed E-state index contributed by atoms with van der Waals surface area (Å²) < 4.78 is 5.75. The fraction of sp³-hybridized carbons (Fsp3) is 0.200. The maximum atomic E-state index is 13.2. The second kappa shape index (κ2) is 8.67. The Bertz CT molecular complexity index is 1210. The maximum absolute atomic E-state index is 13.2. The van der Waals surface area contributed by atoms with Gasteiger partial charge < -0.3 is 10.1 Å². The van der Waals surface area contributed by atoms with E-state index in [-0.39, 0.29) is 5.91 Å². The molecule has 0 bridgehead atoms. The minimum Gasteiger partial charge on any atom is -0.493 e. The summed E-state index contributed by atoms with van der Waals surface area (Å²) in [6.45, 7) is 6.94. The molecule has 5 heteroatoms. The van der Waals surface area contributed by atoms with E-state index in [1.54, 1.807) is 11.3 Å². The van der Waals surface area contributed by atoms with Crippen LogP contribution in [-0.4, -0.2) is 17.5 Å². The third-order valence-electron chi connectivity index (χ3n) is 5.10. The van der Waals surface area contributed by atoms with Gasteiger partial charge in [-0.15, -0.1) is 11.3 Å². The van der Waals surface area contributed by atoms with Gasteiger partial charge in [-0.25, -0.2) is 4.98 Å². The Morgan fingerprint density at radius 1 is 1.03 bits per heavy atom. The van der Waals surface area contributed by atoms with E-state index in [0.717, 1.165) is 31.9 Å². The van der Waals surface area contributed by atoms with E-state index in [9.17, 15) is 4.79 Å². The first-order chi connectivity index (χ1) is 14.6. The molecule has 0 fully saturated rings. The van der Waals surface area contributed by atoms with E-state index in [4.69, 9.17) is 9.72 Å². The van der Waals surface area contributed by atoms with Crippen LogP contribution in [0.15, 0.2) is 60.7 Å². The second-order valence-corrected chi connectivity index (χ2v) is 8.20. The largest absolute Gasteiger partial charge is 0.493 e. The zero-order valence-corrected chi connectivity index (χ0v) is 18.2. The molecule has 1 heterocycles. The van der Waals surface area contributed by atoms with Gasteiger partial charge in [-0.1, -0.05) is 54.6 Å². The van der Waals surface area contributed by atoms with Crippen LogP contribution < -0.4 is 10.1 Å². The third kappa shape index (κ3) is 3.94. The molecule has 3 aromatic carbocycles. The van der Waals surface area contributed by atoms with Gasteiger partial charge in [0.2, 0.25) is 0 Å². The van der Waals surface area contributed by atoms with Crippen LogP contribution in [0.2, 0.25) is 0 Å². The van der Waals surface area contributed by atoms with Crippen molar-refractivity contribution in [2.24, 2.45) is 0 Å². The summed E-state index contributed by atoms with van der Waals surface area (Å²) in [6.07, 6.45) is 0. The van der Waals surface area contributed by atoms with Gasteiger partial charge in [0.1, 0.15) is 10.8 Å². The Labute approximate surface area is 180 Å². The highest BCUT2D eigenvalue weighted by Gasteiger charge is 2.18. The monoisotopic (exact) mass is 416 g/mol. The van der Waals surface area contributed by atoms with Gasteiger partial charge >= 0.3 is 0 Å². The van der Waals surface area contributed by atoms with Gasteiger partial charge in [0, 0.05) is 10.4 Å². The molecule has 1 aromatic heterocycles. The molecule has 1 amide bonds. The standard InChI is InChI=1S/C25H24N2O2S/c1-4-29-21-14-13-18-10-6-8-12-20(18)23(21)24(28)26-15-22-17(3)27-25(30-22)19-11-7-5-9-16(19)2/h5-14H,4,15H2,1-3H3,(H,26,28). The van der Waals surface area contributed by atoms with Crippen LogP contribution in [-0.2, 0) is 6.54 Å². The SMILES string of the molecule is CCOc1ccc2ccccc2c1C(=O)NCc1sc(-c2ccccc2C)nc1C. The molecule has 0 atom stereocenters. The zero-order valence-electron chi connectivity index (χ0n) is 17.4. The number of nitrogens with one attached hydrogen (secondary N) is 1. The molecule has 0 aliphatic carbocycles. The molecule has 0 saturated carbocycles. The Morgan fingerprint density at radius 2 is 1.80 bits per heavy atom. The number of thiazole rings is 1. The van der Waals surface area contributed by atoms with E-state index in [2.05, 4.69) is 24.4 Å². The fourth-order valence-corrected chi connectivity index (χ4v) is 4.62. The summed E-state index contributed by atoms with van der Waals surface area (Å²) in [7, 11) is 0.